The van der Waals surface area contributed by atoms with Crippen LogP contribution in [0.1, 0.15) is 12.0 Å². The van der Waals surface area contributed by atoms with Gasteiger partial charge in [-0.15, -0.1) is 0 Å². The van der Waals surface area contributed by atoms with Crippen molar-refractivity contribution in [3.8, 4) is 11.8 Å². The predicted octanol–water partition coefficient (Wildman–Crippen LogP) is 0.655. The average Bonchev–Trinajstić information content (AvgIpc) is 2.30. The van der Waals surface area contributed by atoms with Crippen LogP contribution in [0.3, 0.4) is 0 Å². The molecule has 0 radical (unpaired) electrons. The van der Waals surface area contributed by atoms with Gasteiger partial charge in [-0.05, 0) is 18.2 Å². The third kappa shape index (κ3) is 3.17. The van der Waals surface area contributed by atoms with Crippen LogP contribution in [0.2, 0.25) is 0 Å². The number of nitrogens with zero attached hydrogens (tertiary/aromatic N) is 1. The van der Waals surface area contributed by atoms with Crippen molar-refractivity contribution in [3.63, 3.8) is 0 Å². The number of hydrogen-bond donors (Lipinski definition) is 2. The first kappa shape index (κ1) is 11.9. The molecule has 1 aromatic carbocycles. The Hall–Kier alpha value is -2.22. The molecular weight excluding hydrogens is 206 g/mol. The Labute approximate surface area is 93.8 Å². The van der Waals surface area contributed by atoms with Gasteiger partial charge in [-0.3, -0.25) is 4.79 Å². The van der Waals surface area contributed by atoms with Crippen LogP contribution in [0.4, 0.5) is 5.69 Å². The number of ether oxygens (including phenoxy) is 1. The minimum atomic E-state index is -0.0905. The maximum Gasteiger partial charge on any atom is 0.223 e. The Kier molecular flexibility index (Phi) is 4.16. The van der Waals surface area contributed by atoms with Crippen LogP contribution in [0, 0.1) is 11.3 Å². The van der Waals surface area contributed by atoms with Crippen LogP contribution in [0.15, 0.2) is 18.2 Å². The number of carbonyl (C=O) groups is 1. The van der Waals surface area contributed by atoms with Gasteiger partial charge in [0.2, 0.25) is 5.91 Å². The van der Waals surface area contributed by atoms with E-state index in [1.54, 1.807) is 19.2 Å². The molecule has 0 aliphatic carbocycles. The van der Waals surface area contributed by atoms with E-state index in [2.05, 4.69) is 5.32 Å². The van der Waals surface area contributed by atoms with E-state index in [-0.39, 0.29) is 18.9 Å². The summed E-state index contributed by atoms with van der Waals surface area (Å²) in [6.07, 6.45) is 0.274. The van der Waals surface area contributed by atoms with Crippen LogP contribution >= 0.6 is 0 Å². The van der Waals surface area contributed by atoms with E-state index in [1.165, 1.54) is 6.07 Å². The lowest BCUT2D eigenvalue weighted by atomic mass is 10.2. The summed E-state index contributed by atoms with van der Waals surface area (Å²) in [4.78, 5) is 10.9. The zero-order valence-corrected chi connectivity index (χ0v) is 8.99. The molecule has 0 saturated heterocycles. The molecule has 0 aromatic heterocycles. The molecule has 0 spiro atoms. The monoisotopic (exact) mass is 219 g/mol. The van der Waals surface area contributed by atoms with E-state index >= 15 is 0 Å². The van der Waals surface area contributed by atoms with Crippen molar-refractivity contribution in [2.24, 2.45) is 0 Å². The second-order valence-electron chi connectivity index (χ2n) is 3.14. The maximum atomic E-state index is 10.9. The van der Waals surface area contributed by atoms with Gasteiger partial charge in [-0.1, -0.05) is 0 Å². The summed E-state index contributed by atoms with van der Waals surface area (Å²) < 4.78 is 5.31. The second kappa shape index (κ2) is 5.61. The maximum absolute atomic E-state index is 10.9. The molecule has 1 rings (SSSR count). The smallest absolute Gasteiger partial charge is 0.223 e. The highest BCUT2D eigenvalue weighted by Crippen LogP contribution is 2.22. The van der Waals surface area contributed by atoms with Crippen molar-refractivity contribution in [2.75, 3.05) is 19.4 Å². The summed E-state index contributed by atoms with van der Waals surface area (Å²) in [5, 5.41) is 11.1. The van der Waals surface area contributed by atoms with Crippen LogP contribution < -0.4 is 15.8 Å². The molecule has 5 nitrogen and oxygen atoms in total. The Balaban J connectivity index is 2.55. The van der Waals surface area contributed by atoms with Crippen LogP contribution in [0.25, 0.3) is 0 Å². The van der Waals surface area contributed by atoms with Gasteiger partial charge in [0.25, 0.3) is 0 Å². The molecule has 0 aliphatic rings. The molecule has 0 aliphatic heterocycles. The number of hydrogen-bond acceptors (Lipinski definition) is 4. The zero-order valence-electron chi connectivity index (χ0n) is 8.99. The molecule has 0 bridgehead atoms. The summed E-state index contributed by atoms with van der Waals surface area (Å²) in [5.74, 6) is 0.398. The van der Waals surface area contributed by atoms with E-state index in [4.69, 9.17) is 15.7 Å². The van der Waals surface area contributed by atoms with Crippen molar-refractivity contribution in [1.29, 1.82) is 5.26 Å². The van der Waals surface area contributed by atoms with Gasteiger partial charge in [0.05, 0.1) is 30.3 Å². The quantitative estimate of drug-likeness (QED) is 0.728. The molecule has 0 atom stereocenters. The van der Waals surface area contributed by atoms with Crippen molar-refractivity contribution >= 4 is 11.6 Å². The first-order chi connectivity index (χ1) is 7.67. The van der Waals surface area contributed by atoms with Gasteiger partial charge >= 0.3 is 0 Å². The molecule has 1 amide bonds. The van der Waals surface area contributed by atoms with Crippen LogP contribution in [-0.2, 0) is 4.79 Å². The number of nitrogens with two attached hydrogens (primary N) is 1. The zero-order chi connectivity index (χ0) is 12.0. The lowest BCUT2D eigenvalue weighted by Crippen LogP contribution is -2.20. The fourth-order valence-electron chi connectivity index (χ4n) is 1.13. The van der Waals surface area contributed by atoms with E-state index in [0.29, 0.717) is 17.0 Å². The van der Waals surface area contributed by atoms with Crippen molar-refractivity contribution in [3.05, 3.63) is 23.8 Å². The van der Waals surface area contributed by atoms with Gasteiger partial charge in [-0.25, -0.2) is 0 Å². The van der Waals surface area contributed by atoms with E-state index in [9.17, 15) is 4.79 Å². The molecule has 5 heteroatoms. The van der Waals surface area contributed by atoms with E-state index < -0.39 is 0 Å². The van der Waals surface area contributed by atoms with Crippen molar-refractivity contribution < 1.29 is 9.53 Å². The minimum Gasteiger partial charge on any atom is -0.491 e. The number of carbonyl (C=O) groups excluding carboxylic acids is 1. The number of anilines is 1. The molecule has 0 saturated carbocycles. The van der Waals surface area contributed by atoms with Crippen molar-refractivity contribution in [1.82, 2.24) is 5.32 Å². The predicted molar refractivity (Wildman–Crippen MR) is 59.7 cm³/mol. The van der Waals surface area contributed by atoms with Gasteiger partial charge < -0.3 is 15.8 Å². The van der Waals surface area contributed by atoms with Crippen molar-refractivity contribution in [2.45, 2.75) is 6.42 Å². The molecule has 0 unspecified atom stereocenters. The van der Waals surface area contributed by atoms with Gasteiger partial charge in [0.15, 0.2) is 0 Å². The molecule has 84 valence electrons. The summed E-state index contributed by atoms with van der Waals surface area (Å²) in [5.41, 5.74) is 6.55. The van der Waals surface area contributed by atoms with E-state index in [1.807, 2.05) is 6.07 Å². The first-order valence-electron chi connectivity index (χ1n) is 4.80. The van der Waals surface area contributed by atoms with Gasteiger partial charge in [0, 0.05) is 7.05 Å². The number of nitrogen functional groups attached to an aromatic ring is 1. The number of benzene rings is 1. The van der Waals surface area contributed by atoms with Crippen LogP contribution in [0.5, 0.6) is 5.75 Å². The summed E-state index contributed by atoms with van der Waals surface area (Å²) in [6.45, 7) is 0.260. The lowest BCUT2D eigenvalue weighted by molar-refractivity contribution is -0.121. The van der Waals surface area contributed by atoms with Gasteiger partial charge in [0.1, 0.15) is 5.75 Å². The number of nitriles is 1. The normalized spacial score (nSPS) is 9.25. The topological polar surface area (TPSA) is 88.1 Å². The Morgan fingerprint density at radius 1 is 1.62 bits per heavy atom. The summed E-state index contributed by atoms with van der Waals surface area (Å²) in [7, 11) is 1.57. The molecule has 1 aromatic rings. The minimum absolute atomic E-state index is 0.0905. The second-order valence-corrected chi connectivity index (χ2v) is 3.14. The number of amides is 1. The van der Waals surface area contributed by atoms with Gasteiger partial charge in [-0.2, -0.15) is 5.26 Å². The third-order valence-corrected chi connectivity index (χ3v) is 2.00. The summed E-state index contributed by atoms with van der Waals surface area (Å²) in [6, 6.07) is 6.76. The largest absolute Gasteiger partial charge is 0.491 e. The fourth-order valence-corrected chi connectivity index (χ4v) is 1.13. The average molecular weight is 219 g/mol. The highest BCUT2D eigenvalue weighted by molar-refractivity contribution is 5.75. The molecule has 3 N–H and O–H groups in total. The van der Waals surface area contributed by atoms with E-state index in [0.717, 1.165) is 0 Å². The highest BCUT2D eigenvalue weighted by Gasteiger charge is 2.03. The third-order valence-electron chi connectivity index (χ3n) is 2.00. The van der Waals surface area contributed by atoms with Crippen LogP contribution in [-0.4, -0.2) is 19.6 Å². The Morgan fingerprint density at radius 3 is 2.94 bits per heavy atom. The fraction of sp³-hybridized carbons (Fsp3) is 0.273. The summed E-state index contributed by atoms with van der Waals surface area (Å²) >= 11 is 0. The SMILES string of the molecule is CNC(=O)CCOc1ccc(C#N)cc1N. The highest BCUT2D eigenvalue weighted by atomic mass is 16.5. The standard InChI is InChI=1S/C11H13N3O2/c1-14-11(15)4-5-16-10-3-2-8(7-12)6-9(10)13/h2-3,6H,4-5,13H2,1H3,(H,14,15). The molecule has 16 heavy (non-hydrogen) atoms. The molecule has 0 fully saturated rings. The Morgan fingerprint density at radius 2 is 2.38 bits per heavy atom. The molecule has 0 heterocycles. The first-order valence-corrected chi connectivity index (χ1v) is 4.80. The Bertz CT molecular complexity index is 424. The number of rotatable bonds is 4. The molecular formula is C11H13N3O2. The number of nitrogens with one attached hydrogen (secondary N) is 1. The lowest BCUT2D eigenvalue weighted by Gasteiger charge is -2.08.